The second-order valence-electron chi connectivity index (χ2n) is 3.11. The number of aromatic nitrogens is 1. The maximum Gasteiger partial charge on any atom is 0.339 e. The van der Waals surface area contributed by atoms with Crippen LogP contribution >= 0.6 is 0 Å². The Morgan fingerprint density at radius 3 is 2.80 bits per heavy atom. The zero-order chi connectivity index (χ0) is 11.3. The summed E-state index contributed by atoms with van der Waals surface area (Å²) in [5.74, 6) is 0.406. The van der Waals surface area contributed by atoms with Gasteiger partial charge in [-0.05, 0) is 12.1 Å². The maximum atomic E-state index is 11.1. The third kappa shape index (κ3) is 2.92. The van der Waals surface area contributed by atoms with Crippen molar-refractivity contribution in [2.24, 2.45) is 5.73 Å². The molecule has 0 aliphatic rings. The van der Waals surface area contributed by atoms with E-state index in [2.05, 4.69) is 9.72 Å². The molecular weight excluding hydrogens is 194 g/mol. The van der Waals surface area contributed by atoms with Crippen LogP contribution in [0.2, 0.25) is 0 Å². The van der Waals surface area contributed by atoms with Gasteiger partial charge in [-0.25, -0.2) is 9.78 Å². The van der Waals surface area contributed by atoms with Crippen LogP contribution in [0.25, 0.3) is 0 Å². The van der Waals surface area contributed by atoms with Crippen LogP contribution in [0.5, 0.6) is 0 Å². The summed E-state index contributed by atoms with van der Waals surface area (Å²) in [6.45, 7) is 1.29. The highest BCUT2D eigenvalue weighted by atomic mass is 16.5. The van der Waals surface area contributed by atoms with Crippen LogP contribution in [0.4, 0.5) is 5.82 Å². The third-order valence-corrected chi connectivity index (χ3v) is 2.02. The Hall–Kier alpha value is -1.62. The van der Waals surface area contributed by atoms with Crippen LogP contribution in [0, 0.1) is 0 Å². The van der Waals surface area contributed by atoms with Gasteiger partial charge in [-0.3, -0.25) is 0 Å². The summed E-state index contributed by atoms with van der Waals surface area (Å²) in [6.07, 6.45) is 1.49. The number of likely N-dealkylation sites (N-methyl/N-ethyl adjacent to an activating group) is 1. The molecule has 0 atom stereocenters. The van der Waals surface area contributed by atoms with Gasteiger partial charge in [-0.2, -0.15) is 0 Å². The Balaban J connectivity index is 2.76. The number of rotatable bonds is 4. The van der Waals surface area contributed by atoms with E-state index in [9.17, 15) is 4.79 Å². The first kappa shape index (κ1) is 11.5. The van der Waals surface area contributed by atoms with Crippen molar-refractivity contribution in [2.75, 3.05) is 32.1 Å². The number of carbonyl (C=O) groups is 1. The molecule has 1 heterocycles. The van der Waals surface area contributed by atoms with E-state index < -0.39 is 0 Å². The fraction of sp³-hybridized carbons (Fsp3) is 0.400. The molecule has 0 amide bonds. The monoisotopic (exact) mass is 209 g/mol. The van der Waals surface area contributed by atoms with Gasteiger partial charge < -0.3 is 15.4 Å². The number of hydrogen-bond acceptors (Lipinski definition) is 5. The lowest BCUT2D eigenvalue weighted by molar-refractivity contribution is 0.0600. The van der Waals surface area contributed by atoms with Crippen molar-refractivity contribution in [1.82, 2.24) is 4.98 Å². The van der Waals surface area contributed by atoms with E-state index in [0.717, 1.165) is 12.4 Å². The highest BCUT2D eigenvalue weighted by Crippen LogP contribution is 2.09. The van der Waals surface area contributed by atoms with Crippen molar-refractivity contribution >= 4 is 11.8 Å². The second-order valence-corrected chi connectivity index (χ2v) is 3.11. The van der Waals surface area contributed by atoms with Crippen molar-refractivity contribution in [2.45, 2.75) is 0 Å². The van der Waals surface area contributed by atoms with E-state index >= 15 is 0 Å². The lowest BCUT2D eigenvalue weighted by atomic mass is 10.3. The molecule has 1 aromatic rings. The predicted molar refractivity (Wildman–Crippen MR) is 57.9 cm³/mol. The van der Waals surface area contributed by atoms with Crippen LogP contribution < -0.4 is 10.6 Å². The van der Waals surface area contributed by atoms with Crippen LogP contribution in [-0.2, 0) is 4.74 Å². The highest BCUT2D eigenvalue weighted by molar-refractivity contribution is 5.89. The van der Waals surface area contributed by atoms with Crippen LogP contribution in [0.3, 0.4) is 0 Å². The Labute approximate surface area is 88.9 Å². The molecule has 0 radical (unpaired) electrons. The average molecular weight is 209 g/mol. The number of nitrogens with zero attached hydrogens (tertiary/aromatic N) is 2. The number of anilines is 1. The zero-order valence-electron chi connectivity index (χ0n) is 8.93. The lowest BCUT2D eigenvalue weighted by Crippen LogP contribution is -2.25. The number of carbonyl (C=O) groups excluding carboxylic acids is 1. The van der Waals surface area contributed by atoms with Gasteiger partial charge in [0, 0.05) is 26.3 Å². The molecule has 0 saturated carbocycles. The van der Waals surface area contributed by atoms with Crippen LogP contribution in [0.1, 0.15) is 10.4 Å². The number of ether oxygens (including phenoxy) is 1. The minimum absolute atomic E-state index is 0.379. The summed E-state index contributed by atoms with van der Waals surface area (Å²) in [4.78, 5) is 17.2. The normalized spacial score (nSPS) is 9.80. The highest BCUT2D eigenvalue weighted by Gasteiger charge is 2.06. The summed E-state index contributed by atoms with van der Waals surface area (Å²) >= 11 is 0. The number of esters is 1. The molecule has 0 unspecified atom stereocenters. The lowest BCUT2D eigenvalue weighted by Gasteiger charge is -2.16. The van der Waals surface area contributed by atoms with E-state index in [1.54, 1.807) is 12.1 Å². The summed E-state index contributed by atoms with van der Waals surface area (Å²) in [6, 6.07) is 3.45. The van der Waals surface area contributed by atoms with Crippen molar-refractivity contribution < 1.29 is 9.53 Å². The smallest absolute Gasteiger partial charge is 0.339 e. The molecule has 15 heavy (non-hydrogen) atoms. The predicted octanol–water partition coefficient (Wildman–Crippen LogP) is 0.263. The SMILES string of the molecule is COC(=O)c1ccc(N(C)CCN)nc1. The molecule has 0 aliphatic heterocycles. The molecule has 0 aromatic carbocycles. The summed E-state index contributed by atoms with van der Waals surface area (Å²) in [5.41, 5.74) is 5.87. The van der Waals surface area contributed by atoms with E-state index in [1.807, 2.05) is 11.9 Å². The summed E-state index contributed by atoms with van der Waals surface area (Å²) < 4.78 is 4.57. The van der Waals surface area contributed by atoms with Gasteiger partial charge in [0.25, 0.3) is 0 Å². The van der Waals surface area contributed by atoms with Gasteiger partial charge in [0.05, 0.1) is 12.7 Å². The molecular formula is C10H15N3O2. The van der Waals surface area contributed by atoms with E-state index in [0.29, 0.717) is 12.1 Å². The molecule has 5 nitrogen and oxygen atoms in total. The van der Waals surface area contributed by atoms with Gasteiger partial charge in [0.1, 0.15) is 5.82 Å². The van der Waals surface area contributed by atoms with Crippen LogP contribution in [0.15, 0.2) is 18.3 Å². The average Bonchev–Trinajstić information content (AvgIpc) is 2.28. The molecule has 0 saturated heterocycles. The van der Waals surface area contributed by atoms with Gasteiger partial charge in [0.15, 0.2) is 0 Å². The van der Waals surface area contributed by atoms with E-state index in [-0.39, 0.29) is 5.97 Å². The molecule has 0 aliphatic carbocycles. The Morgan fingerprint density at radius 2 is 2.33 bits per heavy atom. The van der Waals surface area contributed by atoms with E-state index in [1.165, 1.54) is 13.3 Å². The van der Waals surface area contributed by atoms with Crippen LogP contribution in [-0.4, -0.2) is 38.2 Å². The third-order valence-electron chi connectivity index (χ3n) is 2.02. The number of methoxy groups -OCH3 is 1. The molecule has 0 spiro atoms. The number of hydrogen-bond donors (Lipinski definition) is 1. The van der Waals surface area contributed by atoms with E-state index in [4.69, 9.17) is 5.73 Å². The summed E-state index contributed by atoms with van der Waals surface area (Å²) in [5, 5.41) is 0. The van der Waals surface area contributed by atoms with Gasteiger partial charge in [-0.15, -0.1) is 0 Å². The number of pyridine rings is 1. The van der Waals surface area contributed by atoms with Gasteiger partial charge in [-0.1, -0.05) is 0 Å². The largest absolute Gasteiger partial charge is 0.465 e. The molecule has 0 fully saturated rings. The quantitative estimate of drug-likeness (QED) is 0.720. The Kier molecular flexibility index (Phi) is 4.05. The van der Waals surface area contributed by atoms with Crippen molar-refractivity contribution in [3.05, 3.63) is 23.9 Å². The Bertz CT molecular complexity index is 324. The van der Waals surface area contributed by atoms with Gasteiger partial charge >= 0.3 is 5.97 Å². The topological polar surface area (TPSA) is 68.5 Å². The molecule has 2 N–H and O–H groups in total. The summed E-state index contributed by atoms with van der Waals surface area (Å²) in [7, 11) is 3.24. The molecule has 82 valence electrons. The first-order valence-corrected chi connectivity index (χ1v) is 4.64. The fourth-order valence-corrected chi connectivity index (χ4v) is 1.16. The molecule has 1 aromatic heterocycles. The molecule has 5 heteroatoms. The van der Waals surface area contributed by atoms with Crippen molar-refractivity contribution in [1.29, 1.82) is 0 Å². The van der Waals surface area contributed by atoms with Crippen molar-refractivity contribution in [3.8, 4) is 0 Å². The second kappa shape index (κ2) is 5.31. The van der Waals surface area contributed by atoms with Crippen molar-refractivity contribution in [3.63, 3.8) is 0 Å². The minimum atomic E-state index is -0.379. The fourth-order valence-electron chi connectivity index (χ4n) is 1.16. The van der Waals surface area contributed by atoms with Gasteiger partial charge in [0.2, 0.25) is 0 Å². The Morgan fingerprint density at radius 1 is 1.60 bits per heavy atom. The maximum absolute atomic E-state index is 11.1. The minimum Gasteiger partial charge on any atom is -0.465 e. The molecule has 1 rings (SSSR count). The molecule has 0 bridgehead atoms. The number of nitrogens with two attached hydrogens (primary N) is 1. The first-order chi connectivity index (χ1) is 7.19. The zero-order valence-corrected chi connectivity index (χ0v) is 8.93. The first-order valence-electron chi connectivity index (χ1n) is 4.64. The standard InChI is InChI=1S/C10H15N3O2/c1-13(6-5-11)9-4-3-8(7-12-9)10(14)15-2/h3-4,7H,5-6,11H2,1-2H3.